The van der Waals surface area contributed by atoms with E-state index in [2.05, 4.69) is 21.4 Å². The van der Waals surface area contributed by atoms with E-state index in [1.807, 2.05) is 60.7 Å². The van der Waals surface area contributed by atoms with Crippen molar-refractivity contribution in [3.63, 3.8) is 0 Å². The fraction of sp³-hybridized carbons (Fsp3) is 0.125. The van der Waals surface area contributed by atoms with Crippen LogP contribution in [0.3, 0.4) is 0 Å². The molecule has 0 aliphatic carbocycles. The highest BCUT2D eigenvalue weighted by atomic mass is 16.6. The first-order chi connectivity index (χ1) is 14.8. The van der Waals surface area contributed by atoms with E-state index in [1.165, 1.54) is 0 Å². The fourth-order valence-electron chi connectivity index (χ4n) is 3.50. The van der Waals surface area contributed by atoms with Gasteiger partial charge in [-0.05, 0) is 41.5 Å². The molecule has 0 saturated carbocycles. The Balaban J connectivity index is 1.56. The van der Waals surface area contributed by atoms with Gasteiger partial charge in [-0.1, -0.05) is 30.3 Å². The maximum absolute atomic E-state index is 9.12. The normalized spacial score (nSPS) is 12.4. The Hall–Kier alpha value is -4.11. The van der Waals surface area contributed by atoms with Crippen molar-refractivity contribution < 1.29 is 9.47 Å². The Morgan fingerprint density at radius 3 is 2.73 bits per heavy atom. The predicted octanol–water partition coefficient (Wildman–Crippen LogP) is 4.88. The molecular formula is C24H18N4O2. The second kappa shape index (κ2) is 7.72. The number of nitrogens with one attached hydrogen (secondary N) is 1. The van der Waals surface area contributed by atoms with Crippen LogP contribution in [0, 0.1) is 11.3 Å². The summed E-state index contributed by atoms with van der Waals surface area (Å²) in [5, 5.41) is 13.4. The van der Waals surface area contributed by atoms with Gasteiger partial charge in [0.15, 0.2) is 11.5 Å². The van der Waals surface area contributed by atoms with Crippen LogP contribution >= 0.6 is 0 Å². The topological polar surface area (TPSA) is 80.1 Å². The number of anilines is 2. The zero-order valence-corrected chi connectivity index (χ0v) is 16.1. The van der Waals surface area contributed by atoms with E-state index in [4.69, 9.17) is 14.7 Å². The first-order valence-corrected chi connectivity index (χ1v) is 9.69. The first-order valence-electron chi connectivity index (χ1n) is 9.69. The van der Waals surface area contributed by atoms with Crippen LogP contribution in [-0.2, 0) is 6.42 Å². The summed E-state index contributed by atoms with van der Waals surface area (Å²) < 4.78 is 11.4. The van der Waals surface area contributed by atoms with Gasteiger partial charge in [0.1, 0.15) is 13.2 Å². The van der Waals surface area contributed by atoms with Crippen LogP contribution in [0.4, 0.5) is 11.6 Å². The molecule has 6 heteroatoms. The van der Waals surface area contributed by atoms with Crippen molar-refractivity contribution in [1.29, 1.82) is 5.26 Å². The Bertz CT molecular complexity index is 1280. The second-order valence-electron chi connectivity index (χ2n) is 6.95. The van der Waals surface area contributed by atoms with Crippen LogP contribution in [0.25, 0.3) is 22.0 Å². The number of aromatic nitrogens is 2. The fourth-order valence-corrected chi connectivity index (χ4v) is 3.50. The average Bonchev–Trinajstić information content (AvgIpc) is 2.80. The summed E-state index contributed by atoms with van der Waals surface area (Å²) >= 11 is 0. The molecular weight excluding hydrogens is 376 g/mol. The van der Waals surface area contributed by atoms with E-state index in [1.54, 1.807) is 6.20 Å². The van der Waals surface area contributed by atoms with Gasteiger partial charge in [0.25, 0.3) is 0 Å². The number of nitrogens with zero attached hydrogens (tertiary/aromatic N) is 3. The van der Waals surface area contributed by atoms with Gasteiger partial charge in [-0.3, -0.25) is 0 Å². The molecule has 1 aromatic heterocycles. The Labute approximate surface area is 173 Å². The van der Waals surface area contributed by atoms with E-state index < -0.39 is 0 Å². The molecule has 30 heavy (non-hydrogen) atoms. The molecule has 0 atom stereocenters. The molecule has 4 aromatic rings. The summed E-state index contributed by atoms with van der Waals surface area (Å²) in [7, 11) is 0. The molecule has 0 saturated heterocycles. The van der Waals surface area contributed by atoms with Crippen LogP contribution in [0.5, 0.6) is 11.5 Å². The van der Waals surface area contributed by atoms with Crippen LogP contribution < -0.4 is 14.8 Å². The molecule has 0 amide bonds. The molecule has 2 heterocycles. The van der Waals surface area contributed by atoms with Crippen molar-refractivity contribution in [2.45, 2.75) is 6.42 Å². The van der Waals surface area contributed by atoms with E-state index >= 15 is 0 Å². The largest absolute Gasteiger partial charge is 0.486 e. The molecule has 1 aliphatic rings. The molecule has 1 aliphatic heterocycles. The van der Waals surface area contributed by atoms with Crippen molar-refractivity contribution in [3.8, 4) is 28.7 Å². The van der Waals surface area contributed by atoms with Gasteiger partial charge >= 0.3 is 0 Å². The molecule has 0 fully saturated rings. The maximum atomic E-state index is 9.12. The quantitative estimate of drug-likeness (QED) is 0.531. The SMILES string of the molecule is N#CCc1ccc(Nc2ncc3ccccc3n2)c(-c2ccc3c(c2)OCCO3)c1. The predicted molar refractivity (Wildman–Crippen MR) is 115 cm³/mol. The lowest BCUT2D eigenvalue weighted by molar-refractivity contribution is 0.171. The average molecular weight is 394 g/mol. The highest BCUT2D eigenvalue weighted by Crippen LogP contribution is 2.38. The van der Waals surface area contributed by atoms with Gasteiger partial charge < -0.3 is 14.8 Å². The highest BCUT2D eigenvalue weighted by Gasteiger charge is 2.15. The molecule has 1 N–H and O–H groups in total. The summed E-state index contributed by atoms with van der Waals surface area (Å²) in [4.78, 5) is 9.06. The van der Waals surface area contributed by atoms with E-state index in [-0.39, 0.29) is 0 Å². The Morgan fingerprint density at radius 1 is 0.967 bits per heavy atom. The molecule has 0 bridgehead atoms. The lowest BCUT2D eigenvalue weighted by Crippen LogP contribution is -2.15. The molecule has 5 rings (SSSR count). The van der Waals surface area contributed by atoms with Gasteiger partial charge in [-0.2, -0.15) is 5.26 Å². The monoisotopic (exact) mass is 394 g/mol. The van der Waals surface area contributed by atoms with Gasteiger partial charge in [0.2, 0.25) is 5.95 Å². The highest BCUT2D eigenvalue weighted by molar-refractivity contribution is 5.83. The second-order valence-corrected chi connectivity index (χ2v) is 6.95. The third kappa shape index (κ3) is 3.49. The minimum atomic E-state index is 0.338. The number of rotatable bonds is 4. The van der Waals surface area contributed by atoms with Gasteiger partial charge in [0.05, 0.1) is 18.0 Å². The molecule has 0 unspecified atom stereocenters. The number of fused-ring (bicyclic) bond motifs is 2. The summed E-state index contributed by atoms with van der Waals surface area (Å²) in [6, 6.07) is 21.8. The van der Waals surface area contributed by atoms with E-state index in [0.29, 0.717) is 25.6 Å². The van der Waals surface area contributed by atoms with E-state index in [9.17, 15) is 0 Å². The molecule has 146 valence electrons. The van der Waals surface area contributed by atoms with E-state index in [0.717, 1.165) is 44.8 Å². The van der Waals surface area contributed by atoms with Crippen LogP contribution in [0.1, 0.15) is 5.56 Å². The van der Waals surface area contributed by atoms with Gasteiger partial charge in [0, 0.05) is 22.8 Å². The Morgan fingerprint density at radius 2 is 1.83 bits per heavy atom. The van der Waals surface area contributed by atoms with Crippen molar-refractivity contribution in [2.75, 3.05) is 18.5 Å². The zero-order valence-electron chi connectivity index (χ0n) is 16.1. The summed E-state index contributed by atoms with van der Waals surface area (Å²) in [5.74, 6) is 1.98. The zero-order chi connectivity index (χ0) is 20.3. The van der Waals surface area contributed by atoms with Gasteiger partial charge in [-0.15, -0.1) is 0 Å². The summed E-state index contributed by atoms with van der Waals surface area (Å²) in [6.45, 7) is 1.08. The minimum Gasteiger partial charge on any atom is -0.486 e. The number of ether oxygens (including phenoxy) is 2. The van der Waals surface area contributed by atoms with Crippen molar-refractivity contribution >= 4 is 22.5 Å². The molecule has 0 radical (unpaired) electrons. The third-order valence-electron chi connectivity index (χ3n) is 4.96. The van der Waals surface area contributed by atoms with Crippen molar-refractivity contribution in [2.24, 2.45) is 0 Å². The van der Waals surface area contributed by atoms with Gasteiger partial charge in [-0.25, -0.2) is 9.97 Å². The number of para-hydroxylation sites is 1. The number of hydrogen-bond acceptors (Lipinski definition) is 6. The third-order valence-corrected chi connectivity index (χ3v) is 4.96. The lowest BCUT2D eigenvalue weighted by Gasteiger charge is -2.20. The number of hydrogen-bond donors (Lipinski definition) is 1. The van der Waals surface area contributed by atoms with Crippen molar-refractivity contribution in [1.82, 2.24) is 9.97 Å². The van der Waals surface area contributed by atoms with Crippen LogP contribution in [0.2, 0.25) is 0 Å². The Kier molecular flexibility index (Phi) is 4.62. The smallest absolute Gasteiger partial charge is 0.227 e. The molecule has 3 aromatic carbocycles. The molecule has 6 nitrogen and oxygen atoms in total. The minimum absolute atomic E-state index is 0.338. The first kappa shape index (κ1) is 18.0. The van der Waals surface area contributed by atoms with Crippen LogP contribution in [0.15, 0.2) is 66.9 Å². The molecule has 0 spiro atoms. The number of nitriles is 1. The lowest BCUT2D eigenvalue weighted by atomic mass is 9.99. The summed E-state index contributed by atoms with van der Waals surface area (Å²) in [6.07, 6.45) is 2.14. The van der Waals surface area contributed by atoms with Crippen LogP contribution in [-0.4, -0.2) is 23.2 Å². The standard InChI is InChI=1S/C24H18N4O2/c25-10-9-16-5-7-21(28-24-26-15-18-3-1-2-4-20(18)27-24)19(13-16)17-6-8-22-23(14-17)30-12-11-29-22/h1-8,13-15H,9,11-12H2,(H,26,27,28). The van der Waals surface area contributed by atoms with Crippen molar-refractivity contribution in [3.05, 3.63) is 72.4 Å². The maximum Gasteiger partial charge on any atom is 0.227 e. The summed E-state index contributed by atoms with van der Waals surface area (Å²) in [5.41, 5.74) is 4.56. The number of benzene rings is 3.